The molecule has 0 saturated heterocycles. The molecule has 0 aromatic rings. The summed E-state index contributed by atoms with van der Waals surface area (Å²) in [5.41, 5.74) is 0. The van der Waals surface area contributed by atoms with Gasteiger partial charge in [0.25, 0.3) is 0 Å². The van der Waals surface area contributed by atoms with Gasteiger partial charge >= 0.3 is 0 Å². The van der Waals surface area contributed by atoms with E-state index in [4.69, 9.17) is 0 Å². The summed E-state index contributed by atoms with van der Waals surface area (Å²) in [5, 5.41) is 0. The zero-order valence-electron chi connectivity index (χ0n) is 9.51. The predicted octanol–water partition coefficient (Wildman–Crippen LogP) is 5.29. The molecule has 84 valence electrons. The smallest absolute Gasteiger partial charge is 0.0130 e. The Morgan fingerprint density at radius 3 is 2.19 bits per heavy atom. The summed E-state index contributed by atoms with van der Waals surface area (Å²) in [7, 11) is 0. The van der Waals surface area contributed by atoms with E-state index in [-0.39, 0.29) is 0 Å². The summed E-state index contributed by atoms with van der Waals surface area (Å²) in [4.78, 5) is 0. The minimum atomic E-state index is 1.19. The Morgan fingerprint density at radius 2 is 1.50 bits per heavy atom. The van der Waals surface area contributed by atoms with Crippen LogP contribution in [0.1, 0.15) is 6.92 Å². The van der Waals surface area contributed by atoms with Gasteiger partial charge in [-0.2, -0.15) is 0 Å². The molecule has 0 aromatic heterocycles. The fourth-order valence-electron chi connectivity index (χ4n) is 0.797. The number of rotatable bonds is 6. The Bertz CT molecular complexity index is 350. The van der Waals surface area contributed by atoms with Crippen LogP contribution < -0.4 is 0 Å². The van der Waals surface area contributed by atoms with Crippen molar-refractivity contribution < 1.29 is 0 Å². The van der Waals surface area contributed by atoms with Crippen LogP contribution in [0, 0.1) is 0 Å². The standard InChI is InChI=1S/C15H17I/c1-3-5-7-9-10-12-14-15(16)13-11-8-6-4-2/h3-14H,1H2,2H3/b6-4+,7-5+,10-9+,11-8+,14-12+,15-13-. The van der Waals surface area contributed by atoms with E-state index in [2.05, 4.69) is 41.3 Å². The maximum atomic E-state index is 3.59. The Labute approximate surface area is 112 Å². The summed E-state index contributed by atoms with van der Waals surface area (Å²) in [5.74, 6) is 0. The largest absolute Gasteiger partial charge is 0.0991 e. The molecule has 16 heavy (non-hydrogen) atoms. The van der Waals surface area contributed by atoms with Crippen LogP contribution in [-0.4, -0.2) is 0 Å². The molecule has 0 saturated carbocycles. The van der Waals surface area contributed by atoms with Crippen molar-refractivity contribution in [2.24, 2.45) is 0 Å². The predicted molar refractivity (Wildman–Crippen MR) is 83.7 cm³/mol. The minimum absolute atomic E-state index is 1.19. The topological polar surface area (TPSA) is 0 Å². The first-order chi connectivity index (χ1) is 7.81. The van der Waals surface area contributed by atoms with Gasteiger partial charge in [0.15, 0.2) is 0 Å². The molecule has 0 bridgehead atoms. The molecule has 1 heteroatoms. The van der Waals surface area contributed by atoms with E-state index in [0.29, 0.717) is 0 Å². The third-order valence-corrected chi connectivity index (χ3v) is 2.23. The third kappa shape index (κ3) is 11.0. The highest BCUT2D eigenvalue weighted by Crippen LogP contribution is 2.07. The van der Waals surface area contributed by atoms with Crippen LogP contribution >= 0.6 is 22.6 Å². The first-order valence-electron chi connectivity index (χ1n) is 5.09. The van der Waals surface area contributed by atoms with Gasteiger partial charge in [0.05, 0.1) is 0 Å². The summed E-state index contributed by atoms with van der Waals surface area (Å²) < 4.78 is 1.19. The van der Waals surface area contributed by atoms with E-state index in [1.165, 1.54) is 3.58 Å². The van der Waals surface area contributed by atoms with Crippen LogP contribution in [0.15, 0.2) is 83.1 Å². The van der Waals surface area contributed by atoms with Gasteiger partial charge in [-0.15, -0.1) is 0 Å². The molecule has 0 aliphatic rings. The minimum Gasteiger partial charge on any atom is -0.0991 e. The zero-order chi connectivity index (χ0) is 12.1. The number of halogens is 1. The van der Waals surface area contributed by atoms with Crippen molar-refractivity contribution in [2.45, 2.75) is 6.92 Å². The molecule has 0 N–H and O–H groups in total. The summed E-state index contributed by atoms with van der Waals surface area (Å²) in [6, 6.07) is 0. The molecule has 0 aliphatic heterocycles. The molecule has 0 aromatic carbocycles. The Balaban J connectivity index is 4.07. The van der Waals surface area contributed by atoms with E-state index < -0.39 is 0 Å². The highest BCUT2D eigenvalue weighted by Gasteiger charge is 1.77. The Hall–Kier alpha value is -1.09. The normalized spacial score (nSPS) is 14.2. The van der Waals surface area contributed by atoms with E-state index in [1.54, 1.807) is 6.08 Å². The lowest BCUT2D eigenvalue weighted by Gasteiger charge is -1.83. The van der Waals surface area contributed by atoms with Crippen LogP contribution in [0.3, 0.4) is 0 Å². The van der Waals surface area contributed by atoms with Gasteiger partial charge in [-0.25, -0.2) is 0 Å². The Morgan fingerprint density at radius 1 is 0.875 bits per heavy atom. The van der Waals surface area contributed by atoms with Crippen molar-refractivity contribution in [1.29, 1.82) is 0 Å². The quantitative estimate of drug-likeness (QED) is 0.460. The highest BCUT2D eigenvalue weighted by atomic mass is 127. The van der Waals surface area contributed by atoms with E-state index >= 15 is 0 Å². The van der Waals surface area contributed by atoms with Crippen LogP contribution in [0.25, 0.3) is 0 Å². The van der Waals surface area contributed by atoms with E-state index in [1.807, 2.05) is 61.6 Å². The van der Waals surface area contributed by atoms with Gasteiger partial charge in [-0.05, 0) is 41.7 Å². The van der Waals surface area contributed by atoms with Crippen molar-refractivity contribution >= 4 is 22.6 Å². The highest BCUT2D eigenvalue weighted by molar-refractivity contribution is 14.1. The van der Waals surface area contributed by atoms with Crippen molar-refractivity contribution in [3.05, 3.63) is 83.1 Å². The van der Waals surface area contributed by atoms with E-state index in [0.717, 1.165) is 0 Å². The van der Waals surface area contributed by atoms with Gasteiger partial charge in [0.2, 0.25) is 0 Å². The summed E-state index contributed by atoms with van der Waals surface area (Å²) in [6.45, 7) is 5.59. The second-order valence-corrected chi connectivity index (χ2v) is 4.07. The SMILES string of the molecule is C=C/C=C/C=C/C=C/C(I)=C/C=C/C=C/C. The van der Waals surface area contributed by atoms with Gasteiger partial charge in [-0.1, -0.05) is 67.3 Å². The third-order valence-electron chi connectivity index (χ3n) is 1.51. The van der Waals surface area contributed by atoms with Crippen molar-refractivity contribution in [1.82, 2.24) is 0 Å². The lowest BCUT2D eigenvalue weighted by Crippen LogP contribution is -1.59. The zero-order valence-corrected chi connectivity index (χ0v) is 11.7. The number of allylic oxidation sites excluding steroid dienone is 13. The van der Waals surface area contributed by atoms with Gasteiger partial charge < -0.3 is 0 Å². The average molecular weight is 324 g/mol. The fourth-order valence-corrected chi connectivity index (χ4v) is 1.21. The van der Waals surface area contributed by atoms with Crippen LogP contribution in [0.2, 0.25) is 0 Å². The van der Waals surface area contributed by atoms with Crippen molar-refractivity contribution in [3.8, 4) is 0 Å². The first-order valence-corrected chi connectivity index (χ1v) is 6.16. The molecule has 0 spiro atoms. The molecule has 0 nitrogen and oxygen atoms in total. The van der Waals surface area contributed by atoms with Crippen LogP contribution in [0.4, 0.5) is 0 Å². The maximum absolute atomic E-state index is 3.59. The van der Waals surface area contributed by atoms with Crippen molar-refractivity contribution in [3.63, 3.8) is 0 Å². The molecule has 0 unspecified atom stereocenters. The Kier molecular flexibility index (Phi) is 11.2. The lowest BCUT2D eigenvalue weighted by atomic mass is 10.3. The van der Waals surface area contributed by atoms with Crippen molar-refractivity contribution in [2.75, 3.05) is 0 Å². The molecule has 0 heterocycles. The molecule has 0 radical (unpaired) electrons. The molecular formula is C15H17I. The van der Waals surface area contributed by atoms with E-state index in [9.17, 15) is 0 Å². The van der Waals surface area contributed by atoms with Gasteiger partial charge in [-0.3, -0.25) is 0 Å². The summed E-state index contributed by atoms with van der Waals surface area (Å²) in [6.07, 6.45) is 23.7. The fraction of sp³-hybridized carbons (Fsp3) is 0.0667. The number of hydrogen-bond donors (Lipinski definition) is 0. The van der Waals surface area contributed by atoms with Crippen LogP contribution in [0.5, 0.6) is 0 Å². The lowest BCUT2D eigenvalue weighted by molar-refractivity contribution is 1.73. The monoisotopic (exact) mass is 324 g/mol. The molecule has 0 aliphatic carbocycles. The average Bonchev–Trinajstić information content (AvgIpc) is 2.29. The maximum Gasteiger partial charge on any atom is 0.0130 e. The van der Waals surface area contributed by atoms with Gasteiger partial charge in [0.1, 0.15) is 0 Å². The number of hydrogen-bond acceptors (Lipinski definition) is 0. The molecular weight excluding hydrogens is 307 g/mol. The summed E-state index contributed by atoms with van der Waals surface area (Å²) >= 11 is 2.29. The molecule has 0 rings (SSSR count). The van der Waals surface area contributed by atoms with Gasteiger partial charge in [0, 0.05) is 3.58 Å². The molecule has 0 atom stereocenters. The second kappa shape index (κ2) is 12.0. The molecule has 0 amide bonds. The van der Waals surface area contributed by atoms with Crippen LogP contribution in [-0.2, 0) is 0 Å². The second-order valence-electron chi connectivity index (χ2n) is 2.83. The molecule has 0 fully saturated rings. The first kappa shape index (κ1) is 14.9.